The molecule has 0 aromatic carbocycles. The van der Waals surface area contributed by atoms with Crippen LogP contribution in [0.1, 0.15) is 0 Å². The van der Waals surface area contributed by atoms with Crippen molar-refractivity contribution in [3.05, 3.63) is 16.8 Å². The van der Waals surface area contributed by atoms with Gasteiger partial charge in [-0.25, -0.2) is 9.97 Å². The number of aromatic nitrogens is 4. The fraction of sp³-hybridized carbons (Fsp3) is 0. The predicted molar refractivity (Wildman–Crippen MR) is 46.5 cm³/mol. The van der Waals surface area contributed by atoms with E-state index in [0.29, 0.717) is 11.2 Å². The maximum atomic E-state index is 5.74. The van der Waals surface area contributed by atoms with Crippen LogP contribution in [-0.2, 0) is 0 Å². The number of hydrogen-bond donors (Lipinski definition) is 0. The summed E-state index contributed by atoms with van der Waals surface area (Å²) in [5.41, 5.74) is 1.08. The van der Waals surface area contributed by atoms with E-state index in [-0.39, 0.29) is 10.4 Å². The lowest BCUT2D eigenvalue weighted by molar-refractivity contribution is 1.17. The van der Waals surface area contributed by atoms with Gasteiger partial charge >= 0.3 is 0 Å². The normalized spacial score (nSPS) is 10.9. The van der Waals surface area contributed by atoms with Gasteiger partial charge in [0, 0.05) is 0 Å². The second-order valence-electron chi connectivity index (χ2n) is 2.07. The molecule has 0 spiro atoms. The summed E-state index contributed by atoms with van der Waals surface area (Å²) in [6.07, 6.45) is 1.53. The SMILES string of the molecule is [Si]n1cnc2c(Cl)nc(Cl)nc21. The number of nitrogens with zero attached hydrogens (tertiary/aromatic N) is 4. The fourth-order valence-corrected chi connectivity index (χ4v) is 1.48. The molecule has 0 aliphatic carbocycles. The first-order valence-corrected chi connectivity index (χ1v) is 4.16. The van der Waals surface area contributed by atoms with Gasteiger partial charge < -0.3 is 4.23 Å². The van der Waals surface area contributed by atoms with Crippen LogP contribution < -0.4 is 0 Å². The molecule has 12 heavy (non-hydrogen) atoms. The van der Waals surface area contributed by atoms with Crippen molar-refractivity contribution in [3.63, 3.8) is 0 Å². The summed E-state index contributed by atoms with van der Waals surface area (Å²) >= 11 is 11.3. The van der Waals surface area contributed by atoms with Crippen LogP contribution in [0.4, 0.5) is 0 Å². The maximum Gasteiger partial charge on any atom is 0.225 e. The molecule has 0 atom stereocenters. The van der Waals surface area contributed by atoms with E-state index in [4.69, 9.17) is 23.2 Å². The number of hydrogen-bond acceptors (Lipinski definition) is 3. The average Bonchev–Trinajstić information content (AvgIpc) is 2.33. The van der Waals surface area contributed by atoms with Gasteiger partial charge in [0.15, 0.2) is 21.2 Å². The molecule has 7 heteroatoms. The van der Waals surface area contributed by atoms with Crippen LogP contribution in [0.2, 0.25) is 10.4 Å². The molecule has 0 unspecified atom stereocenters. The summed E-state index contributed by atoms with van der Waals surface area (Å²) in [5, 5.41) is 0.356. The van der Waals surface area contributed by atoms with Gasteiger partial charge in [-0.1, -0.05) is 11.6 Å². The molecule has 3 radical (unpaired) electrons. The number of imidazole rings is 1. The van der Waals surface area contributed by atoms with Crippen molar-refractivity contribution in [2.45, 2.75) is 0 Å². The topological polar surface area (TPSA) is 43.6 Å². The van der Waals surface area contributed by atoms with Crippen LogP contribution in [0.3, 0.4) is 0 Å². The van der Waals surface area contributed by atoms with E-state index in [1.807, 2.05) is 0 Å². The van der Waals surface area contributed by atoms with Gasteiger partial charge in [-0.3, -0.25) is 0 Å². The number of fused-ring (bicyclic) bond motifs is 1. The zero-order valence-corrected chi connectivity index (χ0v) is 8.13. The Morgan fingerprint density at radius 3 is 2.83 bits per heavy atom. The molecule has 2 heterocycles. The van der Waals surface area contributed by atoms with Crippen molar-refractivity contribution in [1.82, 2.24) is 19.2 Å². The second-order valence-corrected chi connectivity index (χ2v) is 3.25. The summed E-state index contributed by atoms with van der Waals surface area (Å²) in [5.74, 6) is 0. The first kappa shape index (κ1) is 7.97. The first-order chi connectivity index (χ1) is 5.68. The van der Waals surface area contributed by atoms with E-state index in [2.05, 4.69) is 25.4 Å². The Balaban J connectivity index is 2.92. The van der Waals surface area contributed by atoms with Crippen LogP contribution in [-0.4, -0.2) is 29.6 Å². The molecule has 0 bridgehead atoms. The Kier molecular flexibility index (Phi) is 1.78. The summed E-state index contributed by atoms with van der Waals surface area (Å²) in [6.45, 7) is 0. The highest BCUT2D eigenvalue weighted by molar-refractivity contribution is 6.35. The third-order valence-corrected chi connectivity index (χ3v) is 2.09. The third kappa shape index (κ3) is 1.10. The molecule has 2 rings (SSSR count). The molecule has 0 amide bonds. The minimum Gasteiger partial charge on any atom is -0.345 e. The van der Waals surface area contributed by atoms with E-state index in [0.717, 1.165) is 0 Å². The van der Waals surface area contributed by atoms with E-state index in [1.54, 1.807) is 0 Å². The second kappa shape index (κ2) is 2.69. The van der Waals surface area contributed by atoms with E-state index < -0.39 is 0 Å². The molecule has 59 valence electrons. The number of rotatable bonds is 0. The van der Waals surface area contributed by atoms with Crippen LogP contribution in [0, 0.1) is 0 Å². The summed E-state index contributed by atoms with van der Waals surface area (Å²) in [6, 6.07) is 0. The molecule has 4 nitrogen and oxygen atoms in total. The van der Waals surface area contributed by atoms with Crippen LogP contribution in [0.25, 0.3) is 11.2 Å². The Bertz CT molecular complexity index is 440. The van der Waals surface area contributed by atoms with Crippen LogP contribution >= 0.6 is 23.2 Å². The van der Waals surface area contributed by atoms with E-state index >= 15 is 0 Å². The van der Waals surface area contributed by atoms with E-state index in [9.17, 15) is 0 Å². The molecule has 2 aromatic heterocycles. The largest absolute Gasteiger partial charge is 0.345 e. The zero-order valence-electron chi connectivity index (χ0n) is 5.62. The Labute approximate surface area is 81.0 Å². The monoisotopic (exact) mass is 215 g/mol. The quantitative estimate of drug-likeness (QED) is 0.375. The van der Waals surface area contributed by atoms with Gasteiger partial charge in [-0.2, -0.15) is 4.98 Å². The highest BCUT2D eigenvalue weighted by atomic mass is 35.5. The third-order valence-electron chi connectivity index (χ3n) is 1.33. The lowest BCUT2D eigenvalue weighted by atomic mass is 10.6. The predicted octanol–water partition coefficient (Wildman–Crippen LogP) is 1.06. The Morgan fingerprint density at radius 1 is 1.33 bits per heavy atom. The molecule has 2 aromatic rings. The molecule has 0 aliphatic heterocycles. The minimum atomic E-state index is 0.104. The highest BCUT2D eigenvalue weighted by Crippen LogP contribution is 2.19. The molecular weight excluding hydrogens is 215 g/mol. The Hall–Kier alpha value is -0.653. The van der Waals surface area contributed by atoms with Crippen molar-refractivity contribution < 1.29 is 0 Å². The molecular formula is C5HCl2N4Si. The average molecular weight is 216 g/mol. The van der Waals surface area contributed by atoms with Crippen molar-refractivity contribution >= 4 is 44.8 Å². The maximum absolute atomic E-state index is 5.74. The van der Waals surface area contributed by atoms with Crippen molar-refractivity contribution in [3.8, 4) is 0 Å². The standard InChI is InChI=1S/C5HCl2N4Si/c6-3-2-4(10-5(7)9-3)11(12)1-8-2/h1H. The minimum absolute atomic E-state index is 0.104. The van der Waals surface area contributed by atoms with Gasteiger partial charge in [-0.15, -0.1) is 0 Å². The van der Waals surface area contributed by atoms with Gasteiger partial charge in [-0.05, 0) is 11.6 Å². The smallest absolute Gasteiger partial charge is 0.225 e. The molecule has 0 fully saturated rings. The van der Waals surface area contributed by atoms with Gasteiger partial charge in [0.1, 0.15) is 5.52 Å². The Morgan fingerprint density at radius 2 is 2.08 bits per heavy atom. The van der Waals surface area contributed by atoms with E-state index in [1.165, 1.54) is 10.6 Å². The van der Waals surface area contributed by atoms with Crippen molar-refractivity contribution in [2.24, 2.45) is 0 Å². The molecule has 0 saturated heterocycles. The fourth-order valence-electron chi connectivity index (χ4n) is 0.841. The van der Waals surface area contributed by atoms with Crippen LogP contribution in [0.5, 0.6) is 0 Å². The van der Waals surface area contributed by atoms with Crippen molar-refractivity contribution in [1.29, 1.82) is 0 Å². The summed E-state index contributed by atoms with van der Waals surface area (Å²) < 4.78 is 1.54. The highest BCUT2D eigenvalue weighted by Gasteiger charge is 2.07. The van der Waals surface area contributed by atoms with Crippen LogP contribution in [0.15, 0.2) is 6.33 Å². The van der Waals surface area contributed by atoms with Gasteiger partial charge in [0.2, 0.25) is 5.28 Å². The first-order valence-electron chi connectivity index (χ1n) is 2.96. The lowest BCUT2D eigenvalue weighted by Crippen LogP contribution is -1.92. The summed E-state index contributed by atoms with van der Waals surface area (Å²) in [4.78, 5) is 11.6. The molecule has 0 saturated carbocycles. The number of halogens is 2. The van der Waals surface area contributed by atoms with Gasteiger partial charge in [0.25, 0.3) is 0 Å². The molecule has 0 aliphatic rings. The zero-order chi connectivity index (χ0) is 8.72. The molecule has 0 N–H and O–H groups in total. The lowest BCUT2D eigenvalue weighted by Gasteiger charge is -1.94. The van der Waals surface area contributed by atoms with Crippen molar-refractivity contribution in [2.75, 3.05) is 0 Å². The van der Waals surface area contributed by atoms with Gasteiger partial charge in [0.05, 0.1) is 6.33 Å². The summed E-state index contributed by atoms with van der Waals surface area (Å²) in [7, 11) is 3.23.